The number of piperidine rings is 1. The van der Waals surface area contributed by atoms with E-state index in [2.05, 4.69) is 15.5 Å². The normalized spacial score (nSPS) is 22.3. The van der Waals surface area contributed by atoms with Crippen molar-refractivity contribution in [1.82, 2.24) is 15.1 Å². The number of likely N-dealkylation sites (tertiary alicyclic amines) is 1. The number of carbonyl (C=O) groups excluding carboxylic acids is 2. The zero-order valence-electron chi connectivity index (χ0n) is 13.8. The summed E-state index contributed by atoms with van der Waals surface area (Å²) in [7, 11) is 0. The Hall–Kier alpha value is -1.85. The highest BCUT2D eigenvalue weighted by Gasteiger charge is 2.31. The second-order valence-electron chi connectivity index (χ2n) is 6.63. The van der Waals surface area contributed by atoms with Gasteiger partial charge in [0.05, 0.1) is 0 Å². The predicted octanol–water partition coefficient (Wildman–Crippen LogP) is 2.80. The fraction of sp³-hybridized carbons (Fsp3) is 0.706. The van der Waals surface area contributed by atoms with Crippen LogP contribution in [0, 0.1) is 0 Å². The van der Waals surface area contributed by atoms with Crippen molar-refractivity contribution in [3.05, 3.63) is 11.8 Å². The van der Waals surface area contributed by atoms with Gasteiger partial charge in [0.15, 0.2) is 5.82 Å². The molecule has 1 aliphatic heterocycles. The zero-order valence-corrected chi connectivity index (χ0v) is 13.8. The van der Waals surface area contributed by atoms with Crippen molar-refractivity contribution in [2.24, 2.45) is 0 Å². The van der Waals surface area contributed by atoms with E-state index in [1.54, 1.807) is 4.90 Å². The second kappa shape index (κ2) is 7.15. The summed E-state index contributed by atoms with van der Waals surface area (Å²) in [6.45, 7) is 2.52. The maximum atomic E-state index is 12.6. The summed E-state index contributed by atoms with van der Waals surface area (Å²) in [6, 6.07) is 1.59. The molecule has 0 unspecified atom stereocenters. The van der Waals surface area contributed by atoms with Gasteiger partial charge in [-0.15, -0.1) is 0 Å². The Bertz CT molecular complexity index is 563. The maximum absolute atomic E-state index is 12.6. The molecule has 2 heterocycles. The van der Waals surface area contributed by atoms with Crippen LogP contribution >= 0.6 is 0 Å². The van der Waals surface area contributed by atoms with E-state index >= 15 is 0 Å². The van der Waals surface area contributed by atoms with E-state index < -0.39 is 0 Å². The fourth-order valence-corrected chi connectivity index (χ4v) is 3.76. The Morgan fingerprint density at radius 3 is 2.74 bits per heavy atom. The van der Waals surface area contributed by atoms with E-state index in [1.165, 1.54) is 25.7 Å². The largest absolute Gasteiger partial charge is 0.331 e. The van der Waals surface area contributed by atoms with Crippen LogP contribution in [0.25, 0.3) is 0 Å². The fourth-order valence-electron chi connectivity index (χ4n) is 3.76. The molecule has 1 aromatic heterocycles. The first kappa shape index (κ1) is 16.0. The smallest absolute Gasteiger partial charge is 0.248 e. The van der Waals surface area contributed by atoms with Crippen LogP contribution in [0.1, 0.15) is 69.9 Å². The number of rotatable bonds is 4. The SMILES string of the molecule is CCC(=O)N1CCCC[C@H]1C(=O)Nc1cc(C2CCCC2)[nH]n1. The molecule has 2 N–H and O–H groups in total. The molecule has 6 nitrogen and oxygen atoms in total. The number of nitrogens with one attached hydrogen (secondary N) is 2. The molecule has 0 aromatic carbocycles. The Kier molecular flexibility index (Phi) is 4.98. The number of aromatic nitrogens is 2. The molecule has 0 radical (unpaired) electrons. The van der Waals surface area contributed by atoms with Crippen LogP contribution in [0.5, 0.6) is 0 Å². The van der Waals surface area contributed by atoms with E-state index in [0.717, 1.165) is 25.0 Å². The van der Waals surface area contributed by atoms with Gasteiger partial charge in [0.25, 0.3) is 0 Å². The molecule has 126 valence electrons. The van der Waals surface area contributed by atoms with Crippen LogP contribution in [-0.4, -0.2) is 39.5 Å². The van der Waals surface area contributed by atoms with Gasteiger partial charge in [0, 0.05) is 30.6 Å². The van der Waals surface area contributed by atoms with Gasteiger partial charge in [-0.05, 0) is 32.1 Å². The number of H-pyrrole nitrogens is 1. The number of anilines is 1. The highest BCUT2D eigenvalue weighted by atomic mass is 16.2. The van der Waals surface area contributed by atoms with Gasteiger partial charge in [0.2, 0.25) is 11.8 Å². The lowest BCUT2D eigenvalue weighted by molar-refractivity contribution is -0.140. The Morgan fingerprint density at radius 1 is 1.26 bits per heavy atom. The summed E-state index contributed by atoms with van der Waals surface area (Å²) in [5.41, 5.74) is 1.11. The van der Waals surface area contributed by atoms with Gasteiger partial charge in [-0.1, -0.05) is 19.8 Å². The molecule has 1 atom stereocenters. The summed E-state index contributed by atoms with van der Waals surface area (Å²) >= 11 is 0. The molecular weight excluding hydrogens is 292 g/mol. The summed E-state index contributed by atoms with van der Waals surface area (Å²) in [4.78, 5) is 26.3. The molecule has 1 saturated heterocycles. The molecule has 3 rings (SSSR count). The molecule has 1 aromatic rings. The average Bonchev–Trinajstić information content (AvgIpc) is 3.25. The molecular formula is C17H26N4O2. The van der Waals surface area contributed by atoms with Crippen LogP contribution in [0.2, 0.25) is 0 Å². The maximum Gasteiger partial charge on any atom is 0.248 e. The lowest BCUT2D eigenvalue weighted by Crippen LogP contribution is -2.49. The monoisotopic (exact) mass is 318 g/mol. The quantitative estimate of drug-likeness (QED) is 0.896. The van der Waals surface area contributed by atoms with Crippen molar-refractivity contribution < 1.29 is 9.59 Å². The van der Waals surface area contributed by atoms with E-state index in [-0.39, 0.29) is 17.9 Å². The number of aromatic amines is 1. The topological polar surface area (TPSA) is 78.1 Å². The minimum Gasteiger partial charge on any atom is -0.331 e. The molecule has 1 aliphatic carbocycles. The Morgan fingerprint density at radius 2 is 2.00 bits per heavy atom. The van der Waals surface area contributed by atoms with Crippen molar-refractivity contribution in [3.63, 3.8) is 0 Å². The molecule has 1 saturated carbocycles. The van der Waals surface area contributed by atoms with Crippen molar-refractivity contribution in [2.45, 2.75) is 70.3 Å². The van der Waals surface area contributed by atoms with E-state index in [0.29, 0.717) is 24.7 Å². The number of carbonyl (C=O) groups is 2. The number of amides is 2. The summed E-state index contributed by atoms with van der Waals surface area (Å²) in [6.07, 6.45) is 8.05. The molecule has 0 spiro atoms. The molecule has 23 heavy (non-hydrogen) atoms. The van der Waals surface area contributed by atoms with E-state index in [1.807, 2.05) is 13.0 Å². The number of hydrogen-bond acceptors (Lipinski definition) is 3. The van der Waals surface area contributed by atoms with Crippen LogP contribution in [0.15, 0.2) is 6.07 Å². The van der Waals surface area contributed by atoms with Gasteiger partial charge >= 0.3 is 0 Å². The predicted molar refractivity (Wildman–Crippen MR) is 88.1 cm³/mol. The molecule has 6 heteroatoms. The van der Waals surface area contributed by atoms with Crippen molar-refractivity contribution in [2.75, 3.05) is 11.9 Å². The Labute approximate surface area is 137 Å². The molecule has 0 bridgehead atoms. The van der Waals surface area contributed by atoms with Gasteiger partial charge < -0.3 is 10.2 Å². The highest BCUT2D eigenvalue weighted by Crippen LogP contribution is 2.33. The van der Waals surface area contributed by atoms with Gasteiger partial charge in [-0.25, -0.2) is 0 Å². The lowest BCUT2D eigenvalue weighted by Gasteiger charge is -2.34. The van der Waals surface area contributed by atoms with Crippen LogP contribution in [-0.2, 0) is 9.59 Å². The summed E-state index contributed by atoms with van der Waals surface area (Å²) in [5, 5.41) is 10.2. The van der Waals surface area contributed by atoms with Gasteiger partial charge in [-0.2, -0.15) is 5.10 Å². The molecule has 2 amide bonds. The minimum atomic E-state index is -0.358. The zero-order chi connectivity index (χ0) is 16.2. The third-order valence-corrected chi connectivity index (χ3v) is 5.07. The van der Waals surface area contributed by atoms with Crippen LogP contribution in [0.4, 0.5) is 5.82 Å². The standard InChI is InChI=1S/C17H26N4O2/c1-2-16(22)21-10-6-5-9-14(21)17(23)18-15-11-13(19-20-15)12-7-3-4-8-12/h11-12,14H,2-10H2,1H3,(H2,18,19,20,23)/t14-/m0/s1. The number of nitrogens with zero attached hydrogens (tertiary/aromatic N) is 2. The second-order valence-corrected chi connectivity index (χ2v) is 6.63. The molecule has 2 aliphatic rings. The third kappa shape index (κ3) is 3.57. The highest BCUT2D eigenvalue weighted by molar-refractivity contribution is 5.96. The van der Waals surface area contributed by atoms with Crippen molar-refractivity contribution >= 4 is 17.6 Å². The number of hydrogen-bond donors (Lipinski definition) is 2. The first-order chi connectivity index (χ1) is 11.2. The summed E-state index contributed by atoms with van der Waals surface area (Å²) < 4.78 is 0. The van der Waals surface area contributed by atoms with E-state index in [4.69, 9.17) is 0 Å². The third-order valence-electron chi connectivity index (χ3n) is 5.07. The van der Waals surface area contributed by atoms with Gasteiger partial charge in [-0.3, -0.25) is 14.7 Å². The van der Waals surface area contributed by atoms with Gasteiger partial charge in [0.1, 0.15) is 6.04 Å². The lowest BCUT2D eigenvalue weighted by atomic mass is 10.0. The Balaban J connectivity index is 1.64. The average molecular weight is 318 g/mol. The minimum absolute atomic E-state index is 0.0542. The first-order valence-electron chi connectivity index (χ1n) is 8.84. The molecule has 2 fully saturated rings. The van der Waals surface area contributed by atoms with E-state index in [9.17, 15) is 9.59 Å². The summed E-state index contributed by atoms with van der Waals surface area (Å²) in [5.74, 6) is 1.06. The first-order valence-corrected chi connectivity index (χ1v) is 8.84. The van der Waals surface area contributed by atoms with Crippen molar-refractivity contribution in [1.29, 1.82) is 0 Å². The van der Waals surface area contributed by atoms with Crippen LogP contribution in [0.3, 0.4) is 0 Å². The van der Waals surface area contributed by atoms with Crippen LogP contribution < -0.4 is 5.32 Å². The van der Waals surface area contributed by atoms with Crippen molar-refractivity contribution in [3.8, 4) is 0 Å².